The van der Waals surface area contributed by atoms with Crippen molar-refractivity contribution in [3.8, 4) is 0 Å². The van der Waals surface area contributed by atoms with Crippen LogP contribution in [0.15, 0.2) is 24.3 Å². The van der Waals surface area contributed by atoms with Crippen molar-refractivity contribution in [3.63, 3.8) is 0 Å². The van der Waals surface area contributed by atoms with E-state index >= 15 is 0 Å². The van der Waals surface area contributed by atoms with Crippen LogP contribution in [0, 0.1) is 5.92 Å². The molecule has 134 valence electrons. The molecule has 1 aromatic rings. The van der Waals surface area contributed by atoms with Gasteiger partial charge in [0.05, 0.1) is 11.3 Å². The first-order valence-corrected chi connectivity index (χ1v) is 8.62. The van der Waals surface area contributed by atoms with Crippen LogP contribution in [0.3, 0.4) is 0 Å². The van der Waals surface area contributed by atoms with Crippen molar-refractivity contribution in [2.75, 3.05) is 31.2 Å². The van der Waals surface area contributed by atoms with Crippen LogP contribution in [0.2, 0.25) is 0 Å². The molecule has 1 saturated heterocycles. The number of benzene rings is 1. The number of hydrogen-bond donors (Lipinski definition) is 2. The normalized spacial score (nSPS) is 21.3. The van der Waals surface area contributed by atoms with Gasteiger partial charge < -0.3 is 20.3 Å². The molecule has 2 heterocycles. The highest BCUT2D eigenvalue weighted by Crippen LogP contribution is 2.24. The Morgan fingerprint density at radius 1 is 1.28 bits per heavy atom. The zero-order valence-corrected chi connectivity index (χ0v) is 14.3. The molecule has 0 bridgehead atoms. The number of nitrogens with one attached hydrogen (secondary N) is 2. The minimum absolute atomic E-state index is 0.0988. The van der Waals surface area contributed by atoms with E-state index in [1.54, 1.807) is 31.2 Å². The van der Waals surface area contributed by atoms with Gasteiger partial charge in [-0.25, -0.2) is 0 Å². The summed E-state index contributed by atoms with van der Waals surface area (Å²) in [7, 11) is 0. The zero-order chi connectivity index (χ0) is 17.8. The van der Waals surface area contributed by atoms with Crippen molar-refractivity contribution in [2.45, 2.75) is 25.8 Å². The fourth-order valence-electron chi connectivity index (χ4n) is 3.16. The summed E-state index contributed by atoms with van der Waals surface area (Å²) in [5, 5.41) is 5.56. The summed E-state index contributed by atoms with van der Waals surface area (Å²) in [6.07, 6.45) is 1.86. The fraction of sp³-hybridized carbons (Fsp3) is 0.500. The number of ether oxygens (including phenoxy) is 1. The minimum atomic E-state index is -0.678. The molecular weight excluding hydrogens is 322 g/mol. The number of anilines is 1. The first kappa shape index (κ1) is 17.4. The lowest BCUT2D eigenvalue weighted by atomic mass is 10.0. The lowest BCUT2D eigenvalue weighted by Gasteiger charge is -2.25. The third-order valence-corrected chi connectivity index (χ3v) is 4.65. The molecule has 0 radical (unpaired) electrons. The van der Waals surface area contributed by atoms with Gasteiger partial charge in [0.15, 0.2) is 0 Å². The Balaban J connectivity index is 1.70. The second-order valence-electron chi connectivity index (χ2n) is 6.50. The fourth-order valence-corrected chi connectivity index (χ4v) is 3.16. The Bertz CT molecular complexity index is 670. The predicted octanol–water partition coefficient (Wildman–Crippen LogP) is 0.694. The standard InChI is InChI=1S/C18H23N3O4/c1-12-18(24)21(15-5-3-2-4-14(15)17(23)20-12)11-16(22)19-10-13-6-8-25-9-7-13/h2-5,12-13H,6-11H2,1H3,(H,19,22)(H,20,23)/t12-/m0/s1. The van der Waals surface area contributed by atoms with E-state index in [2.05, 4.69) is 10.6 Å². The number of hydrogen-bond acceptors (Lipinski definition) is 4. The van der Waals surface area contributed by atoms with Crippen LogP contribution in [0.25, 0.3) is 0 Å². The second-order valence-corrected chi connectivity index (χ2v) is 6.50. The Kier molecular flexibility index (Phi) is 5.33. The van der Waals surface area contributed by atoms with E-state index < -0.39 is 6.04 Å². The lowest BCUT2D eigenvalue weighted by Crippen LogP contribution is -2.48. The van der Waals surface area contributed by atoms with Crippen molar-refractivity contribution in [2.24, 2.45) is 5.92 Å². The third-order valence-electron chi connectivity index (χ3n) is 4.65. The maximum Gasteiger partial charge on any atom is 0.254 e. The Morgan fingerprint density at radius 3 is 2.76 bits per heavy atom. The van der Waals surface area contributed by atoms with Gasteiger partial charge in [-0.2, -0.15) is 0 Å². The summed E-state index contributed by atoms with van der Waals surface area (Å²) in [6.45, 7) is 3.56. The van der Waals surface area contributed by atoms with Crippen LogP contribution in [0.4, 0.5) is 5.69 Å². The van der Waals surface area contributed by atoms with Crippen molar-refractivity contribution in [1.29, 1.82) is 0 Å². The highest BCUT2D eigenvalue weighted by Gasteiger charge is 2.32. The maximum atomic E-state index is 12.6. The first-order valence-electron chi connectivity index (χ1n) is 8.62. The SMILES string of the molecule is C[C@@H]1NC(=O)c2ccccc2N(CC(=O)NCC2CCOCC2)C1=O. The van der Waals surface area contributed by atoms with Gasteiger partial charge in [0.1, 0.15) is 12.6 Å². The Hall–Kier alpha value is -2.41. The van der Waals surface area contributed by atoms with Gasteiger partial charge in [0, 0.05) is 19.8 Å². The molecule has 2 N–H and O–H groups in total. The van der Waals surface area contributed by atoms with E-state index in [9.17, 15) is 14.4 Å². The Labute approximate surface area is 146 Å². The smallest absolute Gasteiger partial charge is 0.254 e. The third kappa shape index (κ3) is 3.99. The number of rotatable bonds is 4. The van der Waals surface area contributed by atoms with Crippen LogP contribution in [0.1, 0.15) is 30.1 Å². The molecule has 0 aliphatic carbocycles. The first-order chi connectivity index (χ1) is 12.1. The van der Waals surface area contributed by atoms with Gasteiger partial charge in [-0.05, 0) is 37.8 Å². The summed E-state index contributed by atoms with van der Waals surface area (Å²) >= 11 is 0. The summed E-state index contributed by atoms with van der Waals surface area (Å²) in [5.41, 5.74) is 0.869. The molecular formula is C18H23N3O4. The number of para-hydroxylation sites is 1. The van der Waals surface area contributed by atoms with Crippen LogP contribution in [-0.2, 0) is 14.3 Å². The van der Waals surface area contributed by atoms with E-state index in [0.29, 0.717) is 23.7 Å². The molecule has 0 aromatic heterocycles. The van der Waals surface area contributed by atoms with Crippen molar-refractivity contribution in [3.05, 3.63) is 29.8 Å². The van der Waals surface area contributed by atoms with Gasteiger partial charge in [-0.1, -0.05) is 12.1 Å². The van der Waals surface area contributed by atoms with Crippen LogP contribution >= 0.6 is 0 Å². The van der Waals surface area contributed by atoms with Crippen LogP contribution in [-0.4, -0.2) is 50.1 Å². The van der Waals surface area contributed by atoms with Gasteiger partial charge >= 0.3 is 0 Å². The average molecular weight is 345 g/mol. The molecule has 2 aliphatic rings. The monoisotopic (exact) mass is 345 g/mol. The predicted molar refractivity (Wildman–Crippen MR) is 92.3 cm³/mol. The van der Waals surface area contributed by atoms with Crippen molar-refractivity contribution >= 4 is 23.4 Å². The summed E-state index contributed by atoms with van der Waals surface area (Å²) in [6, 6.07) is 6.16. The summed E-state index contributed by atoms with van der Waals surface area (Å²) in [4.78, 5) is 38.6. The maximum absolute atomic E-state index is 12.6. The quantitative estimate of drug-likeness (QED) is 0.841. The molecule has 1 aromatic carbocycles. The van der Waals surface area contributed by atoms with Crippen LogP contribution < -0.4 is 15.5 Å². The van der Waals surface area contributed by atoms with E-state index in [-0.39, 0.29) is 24.3 Å². The largest absolute Gasteiger partial charge is 0.381 e. The van der Waals surface area contributed by atoms with Gasteiger partial charge in [-0.3, -0.25) is 14.4 Å². The summed E-state index contributed by atoms with van der Waals surface area (Å²) in [5.74, 6) is -0.413. The highest BCUT2D eigenvalue weighted by atomic mass is 16.5. The lowest BCUT2D eigenvalue weighted by molar-refractivity contribution is -0.124. The number of nitrogens with zero attached hydrogens (tertiary/aromatic N) is 1. The highest BCUT2D eigenvalue weighted by molar-refractivity contribution is 6.12. The molecule has 2 aliphatic heterocycles. The average Bonchev–Trinajstić information content (AvgIpc) is 2.72. The molecule has 3 rings (SSSR count). The van der Waals surface area contributed by atoms with Gasteiger partial charge in [0.2, 0.25) is 11.8 Å². The zero-order valence-electron chi connectivity index (χ0n) is 14.3. The molecule has 7 heteroatoms. The molecule has 0 unspecified atom stereocenters. The van der Waals surface area contributed by atoms with Crippen molar-refractivity contribution < 1.29 is 19.1 Å². The van der Waals surface area contributed by atoms with Gasteiger partial charge in [0.25, 0.3) is 5.91 Å². The summed E-state index contributed by atoms with van der Waals surface area (Å²) < 4.78 is 5.31. The molecule has 0 spiro atoms. The molecule has 1 atom stereocenters. The number of carbonyl (C=O) groups is 3. The molecule has 25 heavy (non-hydrogen) atoms. The Morgan fingerprint density at radius 2 is 2.00 bits per heavy atom. The minimum Gasteiger partial charge on any atom is -0.381 e. The number of fused-ring (bicyclic) bond motifs is 1. The molecule has 0 saturated carbocycles. The topological polar surface area (TPSA) is 87.7 Å². The molecule has 1 fully saturated rings. The molecule has 7 nitrogen and oxygen atoms in total. The van der Waals surface area contributed by atoms with Crippen molar-refractivity contribution in [1.82, 2.24) is 10.6 Å². The number of carbonyl (C=O) groups excluding carboxylic acids is 3. The second kappa shape index (κ2) is 7.65. The van der Waals surface area contributed by atoms with E-state index in [1.165, 1.54) is 4.90 Å². The number of amides is 3. The van der Waals surface area contributed by atoms with Gasteiger partial charge in [-0.15, -0.1) is 0 Å². The van der Waals surface area contributed by atoms with E-state index in [1.807, 2.05) is 0 Å². The van der Waals surface area contributed by atoms with E-state index in [0.717, 1.165) is 26.1 Å². The molecule has 3 amide bonds. The van der Waals surface area contributed by atoms with E-state index in [4.69, 9.17) is 4.74 Å². The van der Waals surface area contributed by atoms with Crippen LogP contribution in [0.5, 0.6) is 0 Å².